The summed E-state index contributed by atoms with van der Waals surface area (Å²) in [6, 6.07) is 0. The lowest BCUT2D eigenvalue weighted by Crippen LogP contribution is -2.64. The zero-order chi connectivity index (χ0) is 44.4. The van der Waals surface area contributed by atoms with E-state index in [1.807, 2.05) is 30.4 Å². The van der Waals surface area contributed by atoms with Gasteiger partial charge in [-0.05, 0) is 70.6 Å². The zero-order valence-electron chi connectivity index (χ0n) is 35.8. The van der Waals surface area contributed by atoms with Crippen molar-refractivity contribution in [3.8, 4) is 0 Å². The second-order valence-electron chi connectivity index (χ2n) is 15.0. The average molecular weight is 871 g/mol. The first-order valence-corrected chi connectivity index (χ1v) is 23.3. The molecule has 0 radical (unpaired) electrons. The second kappa shape index (κ2) is 34.8. The number of phosphoric acid groups is 1. The smallest absolute Gasteiger partial charge is 0.462 e. The molecule has 15 heteroatoms. The summed E-state index contributed by atoms with van der Waals surface area (Å²) in [6.07, 6.45) is 25.9. The third kappa shape index (κ3) is 27.2. The Bertz CT molecular complexity index is 1340. The Morgan fingerprint density at radius 2 is 1.08 bits per heavy atom. The Labute approximate surface area is 358 Å². The fourth-order valence-electron chi connectivity index (χ4n) is 5.98. The summed E-state index contributed by atoms with van der Waals surface area (Å²) < 4.78 is 33.4. The van der Waals surface area contributed by atoms with Crippen molar-refractivity contribution < 1.29 is 68.2 Å². The van der Waals surface area contributed by atoms with E-state index >= 15 is 0 Å². The highest BCUT2D eigenvalue weighted by molar-refractivity contribution is 7.47. The maximum absolute atomic E-state index is 12.8. The van der Waals surface area contributed by atoms with E-state index in [1.54, 1.807) is 0 Å². The van der Waals surface area contributed by atoms with Crippen LogP contribution < -0.4 is 0 Å². The highest BCUT2D eigenvalue weighted by Crippen LogP contribution is 2.47. The SMILES string of the molecule is CCC/C=C\C/C=C\CCCCCCCC(=O)O[C@H](COC(=O)CCC/C=C\C/C=C\C/C=C\C/C=C\[C@@H](O)CCCC)COP(=O)(O)OC1[C@H](O)[C@H](O)C(O)[C@H](O)[C@H]1O. The third-order valence-electron chi connectivity index (χ3n) is 9.57. The lowest BCUT2D eigenvalue weighted by molar-refractivity contribution is -0.220. The number of aliphatic hydroxyl groups is 6. The minimum absolute atomic E-state index is 0.0567. The van der Waals surface area contributed by atoms with Gasteiger partial charge in [-0.15, -0.1) is 0 Å². The standard InChI is InChI=1S/C45H75O14P/c1-3-5-7-8-9-10-11-12-17-20-23-26-29-33-39(48)58-37(35-57-60(54,55)59-45-43(52)41(50)40(49)42(51)44(45)53)34-56-38(47)32-28-25-22-19-16-14-13-15-18-21-24-27-31-36(46)30-6-4-2/h7-8,10-11,13-14,18-19,21-22,27,31,36-37,40-46,49-53H,3-6,9,12,15-17,20,23-26,28-30,32-35H2,1-2H3,(H,54,55)/b8-7-,11-10-,14-13-,21-18-,22-19-,31-27-/t36-,37+,40?,41-,42+,43+,44+,45?/m0/s1. The van der Waals surface area contributed by atoms with Gasteiger partial charge in [0.2, 0.25) is 0 Å². The fraction of sp³-hybridized carbons (Fsp3) is 0.689. The second-order valence-corrected chi connectivity index (χ2v) is 16.4. The van der Waals surface area contributed by atoms with Gasteiger partial charge in [0.05, 0.1) is 12.7 Å². The van der Waals surface area contributed by atoms with Gasteiger partial charge in [-0.2, -0.15) is 0 Å². The summed E-state index contributed by atoms with van der Waals surface area (Å²) in [5.74, 6) is -1.21. The normalized spacial score (nSPS) is 23.4. The Kier molecular flexibility index (Phi) is 32.0. The summed E-state index contributed by atoms with van der Waals surface area (Å²) in [6.45, 7) is 2.99. The molecule has 0 aromatic heterocycles. The van der Waals surface area contributed by atoms with Crippen LogP contribution in [0.2, 0.25) is 0 Å². The Morgan fingerprint density at radius 3 is 1.68 bits per heavy atom. The number of allylic oxidation sites excluding steroid dienone is 11. The molecule has 0 bridgehead atoms. The highest BCUT2D eigenvalue weighted by Gasteiger charge is 2.51. The van der Waals surface area contributed by atoms with Crippen molar-refractivity contribution in [1.29, 1.82) is 0 Å². The lowest BCUT2D eigenvalue weighted by Gasteiger charge is -2.41. The van der Waals surface area contributed by atoms with E-state index in [0.29, 0.717) is 19.3 Å². The van der Waals surface area contributed by atoms with Gasteiger partial charge in [-0.1, -0.05) is 125 Å². The molecule has 1 rings (SSSR count). The molecular formula is C45H75O14P. The summed E-state index contributed by atoms with van der Waals surface area (Å²) >= 11 is 0. The Morgan fingerprint density at radius 1 is 0.583 bits per heavy atom. The summed E-state index contributed by atoms with van der Waals surface area (Å²) in [5.41, 5.74) is 0. The molecule has 1 saturated carbocycles. The van der Waals surface area contributed by atoms with E-state index in [0.717, 1.165) is 89.9 Å². The van der Waals surface area contributed by atoms with E-state index < -0.39 is 75.7 Å². The number of phosphoric ester groups is 1. The van der Waals surface area contributed by atoms with Gasteiger partial charge < -0.3 is 45.0 Å². The molecule has 14 nitrogen and oxygen atoms in total. The number of aliphatic hydroxyl groups excluding tert-OH is 6. The molecule has 1 aliphatic rings. The molecule has 3 unspecified atom stereocenters. The van der Waals surface area contributed by atoms with Gasteiger partial charge in [0.1, 0.15) is 43.2 Å². The molecular weight excluding hydrogens is 795 g/mol. The number of ether oxygens (including phenoxy) is 2. The summed E-state index contributed by atoms with van der Waals surface area (Å²) in [5, 5.41) is 59.9. The van der Waals surface area contributed by atoms with Crippen molar-refractivity contribution in [3.63, 3.8) is 0 Å². The molecule has 344 valence electrons. The number of carbonyl (C=O) groups excluding carboxylic acids is 2. The van der Waals surface area contributed by atoms with Crippen LogP contribution in [0.25, 0.3) is 0 Å². The van der Waals surface area contributed by atoms with Gasteiger partial charge >= 0.3 is 19.8 Å². The van der Waals surface area contributed by atoms with Crippen LogP contribution in [0.5, 0.6) is 0 Å². The molecule has 0 spiro atoms. The van der Waals surface area contributed by atoms with Crippen molar-refractivity contribution in [2.24, 2.45) is 0 Å². The van der Waals surface area contributed by atoms with Crippen LogP contribution in [0, 0.1) is 0 Å². The molecule has 0 aromatic carbocycles. The van der Waals surface area contributed by atoms with Crippen LogP contribution in [0.15, 0.2) is 72.9 Å². The van der Waals surface area contributed by atoms with Gasteiger partial charge in [0.25, 0.3) is 0 Å². The molecule has 9 atom stereocenters. The summed E-state index contributed by atoms with van der Waals surface area (Å²) in [4.78, 5) is 35.6. The van der Waals surface area contributed by atoms with Gasteiger partial charge in [-0.25, -0.2) is 4.57 Å². The lowest BCUT2D eigenvalue weighted by atomic mass is 9.85. The largest absolute Gasteiger partial charge is 0.472 e. The summed E-state index contributed by atoms with van der Waals surface area (Å²) in [7, 11) is -5.14. The monoisotopic (exact) mass is 870 g/mol. The zero-order valence-corrected chi connectivity index (χ0v) is 36.7. The predicted molar refractivity (Wildman–Crippen MR) is 231 cm³/mol. The molecule has 0 amide bonds. The molecule has 1 aliphatic carbocycles. The maximum Gasteiger partial charge on any atom is 0.472 e. The van der Waals surface area contributed by atoms with Crippen molar-refractivity contribution in [2.75, 3.05) is 13.2 Å². The van der Waals surface area contributed by atoms with Crippen LogP contribution in [-0.2, 0) is 32.7 Å². The van der Waals surface area contributed by atoms with Crippen LogP contribution in [0.3, 0.4) is 0 Å². The van der Waals surface area contributed by atoms with Crippen molar-refractivity contribution in [2.45, 2.75) is 185 Å². The first-order valence-electron chi connectivity index (χ1n) is 21.8. The van der Waals surface area contributed by atoms with Crippen LogP contribution in [0.1, 0.15) is 136 Å². The average Bonchev–Trinajstić information content (AvgIpc) is 3.22. The van der Waals surface area contributed by atoms with Gasteiger partial charge in [0.15, 0.2) is 6.10 Å². The number of hydrogen-bond donors (Lipinski definition) is 7. The van der Waals surface area contributed by atoms with Gasteiger partial charge in [0, 0.05) is 12.8 Å². The minimum atomic E-state index is -5.14. The number of esters is 2. The third-order valence-corrected chi connectivity index (χ3v) is 10.6. The molecule has 0 aromatic rings. The van der Waals surface area contributed by atoms with Crippen LogP contribution in [0.4, 0.5) is 0 Å². The molecule has 0 saturated heterocycles. The van der Waals surface area contributed by atoms with Crippen molar-refractivity contribution in [3.05, 3.63) is 72.9 Å². The highest BCUT2D eigenvalue weighted by atomic mass is 31.2. The number of carbonyl (C=O) groups is 2. The number of hydrogen-bond acceptors (Lipinski definition) is 13. The van der Waals surface area contributed by atoms with Crippen LogP contribution in [-0.4, -0.2) is 110 Å². The van der Waals surface area contributed by atoms with Crippen molar-refractivity contribution in [1.82, 2.24) is 0 Å². The topological polar surface area (TPSA) is 230 Å². The van der Waals surface area contributed by atoms with E-state index in [9.17, 15) is 49.7 Å². The van der Waals surface area contributed by atoms with E-state index in [1.165, 1.54) is 0 Å². The molecule has 60 heavy (non-hydrogen) atoms. The molecule has 1 fully saturated rings. The van der Waals surface area contributed by atoms with E-state index in [4.69, 9.17) is 18.5 Å². The molecule has 0 aliphatic heterocycles. The maximum atomic E-state index is 12.8. The van der Waals surface area contributed by atoms with E-state index in [2.05, 4.69) is 56.4 Å². The Balaban J connectivity index is 2.55. The quantitative estimate of drug-likeness (QED) is 0.0151. The van der Waals surface area contributed by atoms with Gasteiger partial charge in [-0.3, -0.25) is 18.6 Å². The predicted octanol–water partition coefficient (Wildman–Crippen LogP) is 6.91. The van der Waals surface area contributed by atoms with E-state index in [-0.39, 0.29) is 18.9 Å². The number of unbranched alkanes of at least 4 members (excludes halogenated alkanes) is 8. The fourth-order valence-corrected chi connectivity index (χ4v) is 6.95. The van der Waals surface area contributed by atoms with Crippen LogP contribution >= 0.6 is 7.82 Å². The Hall–Kier alpha value is -2.75. The first kappa shape index (κ1) is 55.3. The first-order chi connectivity index (χ1) is 28.8. The van der Waals surface area contributed by atoms with Crippen molar-refractivity contribution >= 4 is 19.8 Å². The molecule has 7 N–H and O–H groups in total. The minimum Gasteiger partial charge on any atom is -0.462 e. The molecule has 0 heterocycles. The number of rotatable bonds is 34.